The molecule has 1 aromatic carbocycles. The second-order valence-corrected chi connectivity index (χ2v) is 6.72. The molecule has 1 N–H and O–H groups in total. The highest BCUT2D eigenvalue weighted by atomic mass is 79.9. The molecule has 1 aromatic heterocycles. The first-order chi connectivity index (χ1) is 9.94. The normalized spacial score (nSPS) is 11.6. The molecule has 0 spiro atoms. The van der Waals surface area contributed by atoms with E-state index < -0.39 is 0 Å². The van der Waals surface area contributed by atoms with Crippen LogP contribution >= 0.6 is 15.9 Å². The SMILES string of the molecule is CC(C)(C)NCc1ncnn1CCOc1ccc(Br)cc1. The minimum absolute atomic E-state index is 0.0602. The first-order valence-electron chi connectivity index (χ1n) is 6.94. The Morgan fingerprint density at radius 3 is 2.62 bits per heavy atom. The summed E-state index contributed by atoms with van der Waals surface area (Å²) in [4.78, 5) is 4.28. The summed E-state index contributed by atoms with van der Waals surface area (Å²) in [6.45, 7) is 8.32. The Bertz CT molecular complexity index is 560. The number of ether oxygens (including phenoxy) is 1. The van der Waals surface area contributed by atoms with Crippen molar-refractivity contribution in [2.75, 3.05) is 6.61 Å². The Labute approximate surface area is 133 Å². The van der Waals surface area contributed by atoms with Crippen LogP contribution in [0, 0.1) is 0 Å². The summed E-state index contributed by atoms with van der Waals surface area (Å²) in [5.41, 5.74) is 0.0602. The predicted molar refractivity (Wildman–Crippen MR) is 86.3 cm³/mol. The standard InChI is InChI=1S/C15H21BrN4O/c1-15(2,3)18-10-14-17-11-19-20(14)8-9-21-13-6-4-12(16)5-7-13/h4-7,11,18H,8-10H2,1-3H3. The number of hydrogen-bond acceptors (Lipinski definition) is 4. The third-order valence-electron chi connectivity index (χ3n) is 2.86. The Kier molecular flexibility index (Phi) is 5.36. The zero-order valence-corrected chi connectivity index (χ0v) is 14.2. The highest BCUT2D eigenvalue weighted by Crippen LogP contribution is 2.16. The molecular weight excluding hydrogens is 332 g/mol. The smallest absolute Gasteiger partial charge is 0.140 e. The molecule has 6 heteroatoms. The van der Waals surface area contributed by atoms with Crippen molar-refractivity contribution >= 4 is 15.9 Å². The molecule has 0 amide bonds. The van der Waals surface area contributed by atoms with Gasteiger partial charge in [0.1, 0.15) is 24.5 Å². The van der Waals surface area contributed by atoms with Gasteiger partial charge >= 0.3 is 0 Å². The number of benzene rings is 1. The Morgan fingerprint density at radius 2 is 1.95 bits per heavy atom. The van der Waals surface area contributed by atoms with Crippen LogP contribution in [-0.2, 0) is 13.1 Å². The zero-order valence-electron chi connectivity index (χ0n) is 12.6. The molecule has 2 rings (SSSR count). The van der Waals surface area contributed by atoms with Crippen LogP contribution in [0.25, 0.3) is 0 Å². The summed E-state index contributed by atoms with van der Waals surface area (Å²) in [7, 11) is 0. The third-order valence-corrected chi connectivity index (χ3v) is 3.39. The van der Waals surface area contributed by atoms with Crippen LogP contribution in [0.3, 0.4) is 0 Å². The van der Waals surface area contributed by atoms with Gasteiger partial charge in [0.25, 0.3) is 0 Å². The average Bonchev–Trinajstić information content (AvgIpc) is 2.86. The molecule has 0 bridgehead atoms. The fourth-order valence-electron chi connectivity index (χ4n) is 1.74. The van der Waals surface area contributed by atoms with Gasteiger partial charge in [0.15, 0.2) is 0 Å². The summed E-state index contributed by atoms with van der Waals surface area (Å²) >= 11 is 3.40. The largest absolute Gasteiger partial charge is 0.492 e. The molecule has 0 aliphatic rings. The van der Waals surface area contributed by atoms with Gasteiger partial charge in [-0.1, -0.05) is 15.9 Å². The lowest BCUT2D eigenvalue weighted by Gasteiger charge is -2.20. The van der Waals surface area contributed by atoms with Gasteiger partial charge in [0.2, 0.25) is 0 Å². The maximum Gasteiger partial charge on any atom is 0.140 e. The second-order valence-electron chi connectivity index (χ2n) is 5.81. The van der Waals surface area contributed by atoms with E-state index in [1.54, 1.807) is 6.33 Å². The lowest BCUT2D eigenvalue weighted by molar-refractivity contribution is 0.286. The highest BCUT2D eigenvalue weighted by molar-refractivity contribution is 9.10. The maximum absolute atomic E-state index is 5.70. The molecule has 1 heterocycles. The van der Waals surface area contributed by atoms with E-state index in [4.69, 9.17) is 4.74 Å². The summed E-state index contributed by atoms with van der Waals surface area (Å²) < 4.78 is 8.62. The maximum atomic E-state index is 5.70. The first kappa shape index (κ1) is 16.0. The molecule has 0 unspecified atom stereocenters. The van der Waals surface area contributed by atoms with E-state index in [0.29, 0.717) is 19.7 Å². The van der Waals surface area contributed by atoms with Gasteiger partial charge in [-0.2, -0.15) is 5.10 Å². The number of rotatable bonds is 6. The van der Waals surface area contributed by atoms with Gasteiger partial charge in [-0.25, -0.2) is 9.67 Å². The van der Waals surface area contributed by atoms with Crippen LogP contribution < -0.4 is 10.1 Å². The van der Waals surface area contributed by atoms with Crippen molar-refractivity contribution in [3.8, 4) is 5.75 Å². The van der Waals surface area contributed by atoms with Crippen molar-refractivity contribution in [3.05, 3.63) is 40.9 Å². The first-order valence-corrected chi connectivity index (χ1v) is 7.73. The van der Waals surface area contributed by atoms with Crippen LogP contribution in [0.1, 0.15) is 26.6 Å². The molecular formula is C15H21BrN4O. The summed E-state index contributed by atoms with van der Waals surface area (Å²) in [6.07, 6.45) is 1.58. The Morgan fingerprint density at radius 1 is 1.24 bits per heavy atom. The lowest BCUT2D eigenvalue weighted by atomic mass is 10.1. The zero-order chi connectivity index (χ0) is 15.3. The summed E-state index contributed by atoms with van der Waals surface area (Å²) in [6, 6.07) is 7.80. The highest BCUT2D eigenvalue weighted by Gasteiger charge is 2.11. The van der Waals surface area contributed by atoms with Gasteiger partial charge in [-0.15, -0.1) is 0 Å². The Hall–Kier alpha value is -1.40. The third kappa shape index (κ3) is 5.47. The molecule has 0 fully saturated rings. The van der Waals surface area contributed by atoms with E-state index in [-0.39, 0.29) is 5.54 Å². The van der Waals surface area contributed by atoms with E-state index in [9.17, 15) is 0 Å². The van der Waals surface area contributed by atoms with Crippen LogP contribution in [0.4, 0.5) is 0 Å². The number of aromatic nitrogens is 3. The predicted octanol–water partition coefficient (Wildman–Crippen LogP) is 3.01. The van der Waals surface area contributed by atoms with Crippen molar-refractivity contribution < 1.29 is 4.74 Å². The average molecular weight is 353 g/mol. The van der Waals surface area contributed by atoms with Crippen LogP contribution in [0.2, 0.25) is 0 Å². The second kappa shape index (κ2) is 7.04. The molecule has 0 saturated carbocycles. The van der Waals surface area contributed by atoms with Crippen molar-refractivity contribution in [2.45, 2.75) is 39.4 Å². The molecule has 114 valence electrons. The van der Waals surface area contributed by atoms with E-state index in [1.165, 1.54) is 0 Å². The molecule has 2 aromatic rings. The van der Waals surface area contributed by atoms with Gasteiger partial charge in [-0.05, 0) is 45.0 Å². The quantitative estimate of drug-likeness (QED) is 0.868. The van der Waals surface area contributed by atoms with Crippen molar-refractivity contribution in [3.63, 3.8) is 0 Å². The van der Waals surface area contributed by atoms with Crippen molar-refractivity contribution in [1.82, 2.24) is 20.1 Å². The molecule has 0 atom stereocenters. The minimum atomic E-state index is 0.0602. The van der Waals surface area contributed by atoms with Gasteiger partial charge in [-0.3, -0.25) is 0 Å². The fraction of sp³-hybridized carbons (Fsp3) is 0.467. The lowest BCUT2D eigenvalue weighted by Crippen LogP contribution is -2.36. The molecule has 0 aliphatic carbocycles. The molecule has 0 radical (unpaired) electrons. The molecule has 0 aliphatic heterocycles. The minimum Gasteiger partial charge on any atom is -0.492 e. The van der Waals surface area contributed by atoms with E-state index in [2.05, 4.69) is 52.1 Å². The van der Waals surface area contributed by atoms with Crippen LogP contribution in [0.5, 0.6) is 5.75 Å². The van der Waals surface area contributed by atoms with E-state index >= 15 is 0 Å². The summed E-state index contributed by atoms with van der Waals surface area (Å²) in [5, 5.41) is 7.65. The van der Waals surface area contributed by atoms with E-state index in [0.717, 1.165) is 16.0 Å². The summed E-state index contributed by atoms with van der Waals surface area (Å²) in [5.74, 6) is 1.78. The molecule has 21 heavy (non-hydrogen) atoms. The molecule has 5 nitrogen and oxygen atoms in total. The van der Waals surface area contributed by atoms with Crippen molar-refractivity contribution in [1.29, 1.82) is 0 Å². The Balaban J connectivity index is 1.83. The topological polar surface area (TPSA) is 52.0 Å². The van der Waals surface area contributed by atoms with Crippen LogP contribution in [0.15, 0.2) is 35.1 Å². The van der Waals surface area contributed by atoms with Gasteiger partial charge < -0.3 is 10.1 Å². The van der Waals surface area contributed by atoms with Crippen LogP contribution in [-0.4, -0.2) is 26.9 Å². The number of halogens is 1. The number of hydrogen-bond donors (Lipinski definition) is 1. The molecule has 0 saturated heterocycles. The fourth-order valence-corrected chi connectivity index (χ4v) is 2.00. The number of nitrogens with zero attached hydrogens (tertiary/aromatic N) is 3. The van der Waals surface area contributed by atoms with Gasteiger partial charge in [0.05, 0.1) is 13.1 Å². The van der Waals surface area contributed by atoms with Gasteiger partial charge in [0, 0.05) is 10.0 Å². The van der Waals surface area contributed by atoms with E-state index in [1.807, 2.05) is 28.9 Å². The number of nitrogens with one attached hydrogen (secondary N) is 1. The monoisotopic (exact) mass is 352 g/mol. The van der Waals surface area contributed by atoms with Crippen molar-refractivity contribution in [2.24, 2.45) is 0 Å².